The number of piperidine rings is 1. The Morgan fingerprint density at radius 1 is 0.575 bits per heavy atom. The molecule has 0 aliphatic carbocycles. The summed E-state index contributed by atoms with van der Waals surface area (Å²) in [6, 6.07) is 28.2. The summed E-state index contributed by atoms with van der Waals surface area (Å²) in [6.45, 7) is 0.842. The number of para-hydroxylation sites is 1. The summed E-state index contributed by atoms with van der Waals surface area (Å²) >= 11 is 26.5. The van der Waals surface area contributed by atoms with Crippen LogP contribution in [0.2, 0.25) is 0 Å². The van der Waals surface area contributed by atoms with Gasteiger partial charge in [0.05, 0.1) is 47.8 Å². The quantitative estimate of drug-likeness (QED) is 0.0660. The molecule has 9 rings (SSSR count). The molecule has 5 aromatic carbocycles. The van der Waals surface area contributed by atoms with Gasteiger partial charge in [-0.1, -0.05) is 36.4 Å². The lowest BCUT2D eigenvalue weighted by molar-refractivity contribution is -0.394. The number of fused-ring (bicyclic) bond motifs is 2. The van der Waals surface area contributed by atoms with Gasteiger partial charge in [-0.3, -0.25) is 64.3 Å². The summed E-state index contributed by atoms with van der Waals surface area (Å²) in [7, 11) is -3.77. The molecule has 0 saturated carbocycles. The Hall–Kier alpha value is -8.40. The number of nitrogens with zero attached hydrogens (tertiary/aromatic N) is 9. The van der Waals surface area contributed by atoms with E-state index in [0.29, 0.717) is 47.9 Å². The number of anilines is 1. The number of carbonyl (C=O) groups is 5. The van der Waals surface area contributed by atoms with Crippen molar-refractivity contribution in [3.05, 3.63) is 204 Å². The van der Waals surface area contributed by atoms with Crippen molar-refractivity contribution >= 4 is 139 Å². The number of aromatic nitrogens is 5. The van der Waals surface area contributed by atoms with Crippen LogP contribution < -0.4 is 4.90 Å². The van der Waals surface area contributed by atoms with Crippen molar-refractivity contribution in [2.45, 2.75) is 23.9 Å². The molecule has 1 saturated heterocycles. The fourth-order valence-electron chi connectivity index (χ4n) is 6.90. The highest BCUT2D eigenvalue weighted by molar-refractivity contribution is 7.90. The Kier molecular flexibility index (Phi) is 21.8. The van der Waals surface area contributed by atoms with Gasteiger partial charge in [0.1, 0.15) is 5.69 Å². The van der Waals surface area contributed by atoms with E-state index in [2.05, 4.69) is 19.9 Å². The molecule has 1 aliphatic rings. The summed E-state index contributed by atoms with van der Waals surface area (Å²) < 4.78 is 64.1. The van der Waals surface area contributed by atoms with Gasteiger partial charge in [-0.25, -0.2) is 22.4 Å². The second-order valence-electron chi connectivity index (χ2n) is 15.9. The highest BCUT2D eigenvalue weighted by Crippen LogP contribution is 2.30. The van der Waals surface area contributed by atoms with Crippen molar-refractivity contribution in [2.24, 2.45) is 5.92 Å². The van der Waals surface area contributed by atoms with Crippen LogP contribution in [0.25, 0.3) is 21.9 Å². The standard InChI is InChI=1S/C15H10ClNO3S.C11H11ClF3N3O.C9H5ClN2O.C7H3ClN2O5.C7H4ClNO3/c16-15(18)13-10-17(14-9-5-4-8-12(13)14)21(19,20)11-6-2-1-3-7-11;12-9(19)7-2-5-18(6-3-7)10-16-4-1-8(17-10)11(13,14)15;10-9(13)6-1-2-7-8(5-6)12-4-3-11-7;8-7(11)4-1-5(9(12)13)3-6(2-4)10(14)15;8-7(10)5-1-3-6(4-2-5)9(11)12/h1-10H;1,4,7H,2-3,5-6H2;1-5H;1-3H;1-4H. The number of carbonyl (C=O) groups excluding carboxylic acids is 5. The molecule has 0 spiro atoms. The number of hydrogen-bond donors (Lipinski definition) is 0. The molecule has 0 amide bonds. The second-order valence-corrected chi connectivity index (χ2v) is 19.5. The number of rotatable bonds is 11. The number of alkyl halides is 3. The van der Waals surface area contributed by atoms with Crippen molar-refractivity contribution in [2.75, 3.05) is 18.0 Å². The van der Waals surface area contributed by atoms with E-state index in [1.165, 1.54) is 42.6 Å². The van der Waals surface area contributed by atoms with Gasteiger partial charge in [-0.05, 0) is 125 Å². The third-order valence-corrected chi connectivity index (χ3v) is 13.6. The lowest BCUT2D eigenvalue weighted by atomic mass is 9.99. The SMILES string of the molecule is O=C(Cl)C1CCN(c2nccc(C(F)(F)F)n2)CC1.O=C(Cl)c1cc([N+](=O)[O-])cc([N+](=O)[O-])c1.O=C(Cl)c1ccc([N+](=O)[O-])cc1.O=C(Cl)c1ccc2nccnc2c1.O=C(Cl)c1cn(S(=O)(=O)c2ccccc2)c2ccccc12. The fourth-order valence-corrected chi connectivity index (χ4v) is 9.01. The molecule has 0 unspecified atom stereocenters. The Bertz CT molecular complexity index is 3650. The average molecular weight is 1220 g/mol. The molecule has 4 heterocycles. The van der Waals surface area contributed by atoms with E-state index in [9.17, 15) is 75.9 Å². The lowest BCUT2D eigenvalue weighted by Crippen LogP contribution is -2.36. The molecule has 8 aromatic rings. The van der Waals surface area contributed by atoms with E-state index in [-0.39, 0.29) is 39.1 Å². The minimum Gasteiger partial charge on any atom is -0.341 e. The number of nitro benzene ring substituents is 3. The smallest absolute Gasteiger partial charge is 0.341 e. The van der Waals surface area contributed by atoms with Crippen LogP contribution in [0.3, 0.4) is 0 Å². The third-order valence-electron chi connectivity index (χ3n) is 10.8. The number of nitro groups is 3. The summed E-state index contributed by atoms with van der Waals surface area (Å²) in [6.07, 6.45) is 2.05. The highest BCUT2D eigenvalue weighted by atomic mass is 35.5. The first-order chi connectivity index (χ1) is 37.7. The summed E-state index contributed by atoms with van der Waals surface area (Å²) in [5.41, 5.74) is 0.316. The molecular formula is C49H33Cl5F3N9O13S. The zero-order chi connectivity index (χ0) is 59.1. The van der Waals surface area contributed by atoms with Gasteiger partial charge in [0, 0.05) is 90.1 Å². The van der Waals surface area contributed by atoms with E-state index in [1.807, 2.05) is 0 Å². The first-order valence-corrected chi connectivity index (χ1v) is 25.5. The minimum absolute atomic E-state index is 0.0373. The maximum atomic E-state index is 12.7. The zero-order valence-electron chi connectivity index (χ0n) is 40.0. The number of non-ortho nitro benzene ring substituents is 3. The lowest BCUT2D eigenvalue weighted by Gasteiger charge is -2.30. The van der Waals surface area contributed by atoms with E-state index in [1.54, 1.807) is 78.0 Å². The van der Waals surface area contributed by atoms with E-state index in [0.717, 1.165) is 40.0 Å². The Morgan fingerprint density at radius 3 is 1.61 bits per heavy atom. The van der Waals surface area contributed by atoms with Crippen LogP contribution in [0, 0.1) is 36.3 Å². The van der Waals surface area contributed by atoms with E-state index >= 15 is 0 Å². The van der Waals surface area contributed by atoms with E-state index in [4.69, 9.17) is 58.0 Å². The van der Waals surface area contributed by atoms with Gasteiger partial charge in [0.2, 0.25) is 11.2 Å². The second kappa shape index (κ2) is 28.0. The molecular weight excluding hydrogens is 1190 g/mol. The van der Waals surface area contributed by atoms with Gasteiger partial charge >= 0.3 is 6.18 Å². The molecule has 31 heteroatoms. The van der Waals surface area contributed by atoms with Crippen LogP contribution in [-0.4, -0.2) is 86.4 Å². The maximum Gasteiger partial charge on any atom is 0.433 e. The first-order valence-electron chi connectivity index (χ1n) is 22.1. The van der Waals surface area contributed by atoms with Gasteiger partial charge in [-0.2, -0.15) is 13.2 Å². The fraction of sp³-hybridized carbons (Fsp3) is 0.122. The van der Waals surface area contributed by atoms with Crippen LogP contribution in [0.5, 0.6) is 0 Å². The summed E-state index contributed by atoms with van der Waals surface area (Å²) in [5, 5.41) is 28.3. The van der Waals surface area contributed by atoms with Gasteiger partial charge in [0.15, 0.2) is 0 Å². The Labute approximate surface area is 473 Å². The Balaban J connectivity index is 0.000000187. The van der Waals surface area contributed by atoms with Crippen LogP contribution in [-0.2, 0) is 21.0 Å². The predicted molar refractivity (Wildman–Crippen MR) is 287 cm³/mol. The summed E-state index contributed by atoms with van der Waals surface area (Å²) in [4.78, 5) is 100. The summed E-state index contributed by atoms with van der Waals surface area (Å²) in [5.74, 6) is -0.195. The van der Waals surface area contributed by atoms with Crippen LogP contribution in [0.15, 0.2) is 151 Å². The normalized spacial score (nSPS) is 12.1. The molecule has 414 valence electrons. The van der Waals surface area contributed by atoms with Gasteiger partial charge < -0.3 is 4.90 Å². The molecule has 22 nitrogen and oxygen atoms in total. The zero-order valence-corrected chi connectivity index (χ0v) is 44.6. The topological polar surface area (TPSA) is 309 Å². The predicted octanol–water partition coefficient (Wildman–Crippen LogP) is 11.6. The molecule has 0 radical (unpaired) electrons. The molecule has 0 bridgehead atoms. The number of benzene rings is 5. The van der Waals surface area contributed by atoms with Crippen LogP contribution in [0.1, 0.15) is 60.0 Å². The molecule has 80 heavy (non-hydrogen) atoms. The molecule has 1 aliphatic heterocycles. The van der Waals surface area contributed by atoms with Crippen LogP contribution >= 0.6 is 58.0 Å². The monoisotopic (exact) mass is 1220 g/mol. The number of halogens is 8. The maximum absolute atomic E-state index is 12.7. The highest BCUT2D eigenvalue weighted by Gasteiger charge is 2.34. The van der Waals surface area contributed by atoms with Crippen molar-refractivity contribution < 1.29 is 60.3 Å². The van der Waals surface area contributed by atoms with E-state index < -0.39 is 74.3 Å². The van der Waals surface area contributed by atoms with Crippen molar-refractivity contribution in [1.82, 2.24) is 23.9 Å². The molecule has 0 atom stereocenters. The largest absolute Gasteiger partial charge is 0.433 e. The van der Waals surface area contributed by atoms with Crippen molar-refractivity contribution in [3.63, 3.8) is 0 Å². The van der Waals surface area contributed by atoms with Gasteiger partial charge in [0.25, 0.3) is 48.1 Å². The molecule has 0 N–H and O–H groups in total. The number of hydrogen-bond acceptors (Lipinski definition) is 18. The first kappa shape index (κ1) is 62.4. The van der Waals surface area contributed by atoms with Crippen molar-refractivity contribution in [3.8, 4) is 0 Å². The Morgan fingerprint density at radius 2 is 1.10 bits per heavy atom. The van der Waals surface area contributed by atoms with Crippen LogP contribution in [0.4, 0.5) is 36.2 Å². The van der Waals surface area contributed by atoms with Gasteiger partial charge in [-0.15, -0.1) is 0 Å². The molecule has 1 fully saturated rings. The van der Waals surface area contributed by atoms with Crippen molar-refractivity contribution in [1.29, 1.82) is 0 Å². The minimum atomic E-state index is -4.48. The molecule has 3 aromatic heterocycles. The third kappa shape index (κ3) is 17.1. The average Bonchev–Trinajstić information content (AvgIpc) is 3.87.